The third-order valence-electron chi connectivity index (χ3n) is 1.91. The van der Waals surface area contributed by atoms with E-state index in [1.54, 1.807) is 12.1 Å². The summed E-state index contributed by atoms with van der Waals surface area (Å²) >= 11 is 0. The van der Waals surface area contributed by atoms with Gasteiger partial charge in [0.05, 0.1) is 11.2 Å². The molecule has 0 atom stereocenters. The Labute approximate surface area is 82.5 Å². The maximum atomic E-state index is 12.1. The molecule has 2 rings (SSSR count). The molecule has 0 radical (unpaired) electrons. The van der Waals surface area contributed by atoms with Crippen LogP contribution in [0.4, 0.5) is 18.9 Å². The average molecular weight is 216 g/mol. The monoisotopic (exact) mass is 216 g/mol. The number of nitrogen functional groups attached to an aromatic ring is 1. The topological polar surface area (TPSA) is 56.7 Å². The van der Waals surface area contributed by atoms with Crippen LogP contribution in [0.2, 0.25) is 0 Å². The lowest BCUT2D eigenvalue weighted by molar-refractivity contribution is -0.142. The summed E-state index contributed by atoms with van der Waals surface area (Å²) in [5, 5.41) is 7.00. The van der Waals surface area contributed by atoms with E-state index in [-0.39, 0.29) is 5.52 Å². The summed E-state index contributed by atoms with van der Waals surface area (Å²) in [6.07, 6.45) is -4.31. The number of aromatic nitrogens is 3. The van der Waals surface area contributed by atoms with Crippen LogP contribution in [0.25, 0.3) is 11.0 Å². The largest absolute Gasteiger partial charge is 0.408 e. The molecule has 4 nitrogen and oxygen atoms in total. The quantitative estimate of drug-likeness (QED) is 0.736. The van der Waals surface area contributed by atoms with Crippen LogP contribution >= 0.6 is 0 Å². The zero-order chi connectivity index (χ0) is 11.1. The Morgan fingerprint density at radius 3 is 2.73 bits per heavy atom. The molecule has 0 saturated heterocycles. The number of anilines is 1. The fourth-order valence-corrected chi connectivity index (χ4v) is 1.30. The van der Waals surface area contributed by atoms with Crippen molar-refractivity contribution in [3.05, 3.63) is 18.2 Å². The minimum absolute atomic E-state index is 0.285. The molecule has 7 heteroatoms. The number of alkyl halides is 3. The lowest BCUT2D eigenvalue weighted by Crippen LogP contribution is -2.18. The Balaban J connectivity index is 2.50. The molecule has 1 heterocycles. The normalized spacial score (nSPS) is 12.2. The van der Waals surface area contributed by atoms with Gasteiger partial charge in [-0.05, 0) is 12.1 Å². The van der Waals surface area contributed by atoms with Gasteiger partial charge in [-0.2, -0.15) is 13.2 Å². The maximum absolute atomic E-state index is 12.1. The molecule has 1 aromatic heterocycles. The zero-order valence-corrected chi connectivity index (χ0v) is 7.49. The third kappa shape index (κ3) is 1.85. The van der Waals surface area contributed by atoms with Crippen molar-refractivity contribution in [1.29, 1.82) is 0 Å². The Morgan fingerprint density at radius 2 is 2.07 bits per heavy atom. The molecule has 0 amide bonds. The van der Waals surface area contributed by atoms with Gasteiger partial charge in [0.25, 0.3) is 0 Å². The molecule has 0 spiro atoms. The fraction of sp³-hybridized carbons (Fsp3) is 0.250. The Morgan fingerprint density at radius 1 is 1.33 bits per heavy atom. The molecule has 0 aliphatic carbocycles. The molecular formula is C8H7F3N4. The fourth-order valence-electron chi connectivity index (χ4n) is 1.30. The van der Waals surface area contributed by atoms with Gasteiger partial charge in [-0.25, -0.2) is 4.68 Å². The van der Waals surface area contributed by atoms with Gasteiger partial charge in [-0.3, -0.25) is 0 Å². The third-order valence-corrected chi connectivity index (χ3v) is 1.91. The summed E-state index contributed by atoms with van der Waals surface area (Å²) in [5.74, 6) is 0. The van der Waals surface area contributed by atoms with Crippen molar-refractivity contribution in [3.8, 4) is 0 Å². The van der Waals surface area contributed by atoms with Crippen LogP contribution in [0.15, 0.2) is 18.2 Å². The van der Waals surface area contributed by atoms with E-state index in [1.165, 1.54) is 6.07 Å². The maximum Gasteiger partial charge on any atom is 0.408 e. The van der Waals surface area contributed by atoms with Gasteiger partial charge in [0.15, 0.2) is 0 Å². The van der Waals surface area contributed by atoms with Gasteiger partial charge < -0.3 is 5.73 Å². The van der Waals surface area contributed by atoms with Crippen LogP contribution in [-0.4, -0.2) is 21.2 Å². The highest BCUT2D eigenvalue weighted by molar-refractivity contribution is 5.86. The standard InChI is InChI=1S/C8H7F3N4/c9-8(10,11)4-15-6-3-1-2-5(12)7(6)13-14-15/h1-3H,4,12H2. The van der Waals surface area contributed by atoms with Gasteiger partial charge in [-0.1, -0.05) is 11.3 Å². The molecular weight excluding hydrogens is 209 g/mol. The van der Waals surface area contributed by atoms with Gasteiger partial charge in [-0.15, -0.1) is 5.10 Å². The molecule has 80 valence electrons. The summed E-state index contributed by atoms with van der Waals surface area (Å²) in [5.41, 5.74) is 6.43. The highest BCUT2D eigenvalue weighted by Gasteiger charge is 2.29. The van der Waals surface area contributed by atoms with E-state index in [0.29, 0.717) is 11.2 Å². The number of halogens is 3. The van der Waals surface area contributed by atoms with E-state index in [2.05, 4.69) is 10.3 Å². The van der Waals surface area contributed by atoms with E-state index in [4.69, 9.17) is 5.73 Å². The first-order chi connectivity index (χ1) is 6.97. The average Bonchev–Trinajstić information content (AvgIpc) is 2.48. The van der Waals surface area contributed by atoms with Crippen molar-refractivity contribution in [2.75, 3.05) is 5.73 Å². The number of nitrogens with zero attached hydrogens (tertiary/aromatic N) is 3. The van der Waals surface area contributed by atoms with Crippen molar-refractivity contribution in [2.24, 2.45) is 0 Å². The van der Waals surface area contributed by atoms with Gasteiger partial charge in [0.1, 0.15) is 12.1 Å². The highest BCUT2D eigenvalue weighted by Crippen LogP contribution is 2.22. The van der Waals surface area contributed by atoms with Crippen molar-refractivity contribution in [3.63, 3.8) is 0 Å². The predicted octanol–water partition coefficient (Wildman–Crippen LogP) is 1.58. The second kappa shape index (κ2) is 3.11. The second-order valence-electron chi connectivity index (χ2n) is 3.08. The van der Waals surface area contributed by atoms with Crippen LogP contribution in [0.3, 0.4) is 0 Å². The molecule has 2 N–H and O–H groups in total. The lowest BCUT2D eigenvalue weighted by Gasteiger charge is -2.06. The van der Waals surface area contributed by atoms with E-state index in [1.807, 2.05) is 0 Å². The molecule has 2 aromatic rings. The first-order valence-corrected chi connectivity index (χ1v) is 4.12. The van der Waals surface area contributed by atoms with Gasteiger partial charge in [0, 0.05) is 0 Å². The number of benzene rings is 1. The lowest BCUT2D eigenvalue weighted by atomic mass is 10.3. The number of fused-ring (bicyclic) bond motifs is 1. The van der Waals surface area contributed by atoms with E-state index in [9.17, 15) is 13.2 Å². The molecule has 0 aliphatic rings. The van der Waals surface area contributed by atoms with Crippen molar-refractivity contribution in [1.82, 2.24) is 15.0 Å². The van der Waals surface area contributed by atoms with Crippen LogP contribution in [-0.2, 0) is 6.54 Å². The molecule has 0 unspecified atom stereocenters. The number of hydrogen-bond acceptors (Lipinski definition) is 3. The SMILES string of the molecule is Nc1cccc2c1nnn2CC(F)(F)F. The predicted molar refractivity (Wildman–Crippen MR) is 48.0 cm³/mol. The molecule has 0 fully saturated rings. The van der Waals surface area contributed by atoms with Crippen LogP contribution in [0.1, 0.15) is 0 Å². The molecule has 1 aromatic carbocycles. The van der Waals surface area contributed by atoms with Crippen LogP contribution in [0.5, 0.6) is 0 Å². The summed E-state index contributed by atoms with van der Waals surface area (Å²) in [6, 6.07) is 4.63. The van der Waals surface area contributed by atoms with Gasteiger partial charge >= 0.3 is 6.18 Å². The molecule has 15 heavy (non-hydrogen) atoms. The number of hydrogen-bond donors (Lipinski definition) is 1. The number of rotatable bonds is 1. The first-order valence-electron chi connectivity index (χ1n) is 4.12. The van der Waals surface area contributed by atoms with Crippen LogP contribution < -0.4 is 5.73 Å². The number of nitrogens with two attached hydrogens (primary N) is 1. The summed E-state index contributed by atoms with van der Waals surface area (Å²) in [7, 11) is 0. The van der Waals surface area contributed by atoms with E-state index < -0.39 is 12.7 Å². The van der Waals surface area contributed by atoms with Crippen molar-refractivity contribution < 1.29 is 13.2 Å². The molecule has 0 bridgehead atoms. The minimum Gasteiger partial charge on any atom is -0.397 e. The van der Waals surface area contributed by atoms with Crippen molar-refractivity contribution >= 4 is 16.7 Å². The Bertz CT molecular complexity index is 488. The minimum atomic E-state index is -4.31. The Hall–Kier alpha value is -1.79. The van der Waals surface area contributed by atoms with E-state index in [0.717, 1.165) is 4.68 Å². The highest BCUT2D eigenvalue weighted by atomic mass is 19.4. The van der Waals surface area contributed by atoms with Gasteiger partial charge in [0.2, 0.25) is 0 Å². The van der Waals surface area contributed by atoms with Crippen LogP contribution in [0, 0.1) is 0 Å². The Kier molecular flexibility index (Phi) is 2.02. The summed E-state index contributed by atoms with van der Waals surface area (Å²) in [4.78, 5) is 0. The zero-order valence-electron chi connectivity index (χ0n) is 7.49. The first kappa shape index (κ1) is 9.75. The summed E-state index contributed by atoms with van der Waals surface area (Å²) in [6.45, 7) is -1.16. The van der Waals surface area contributed by atoms with Crippen molar-refractivity contribution in [2.45, 2.75) is 12.7 Å². The smallest absolute Gasteiger partial charge is 0.397 e. The van der Waals surface area contributed by atoms with E-state index >= 15 is 0 Å². The molecule has 0 saturated carbocycles. The second-order valence-corrected chi connectivity index (χ2v) is 3.08. The summed E-state index contributed by atoms with van der Waals surface area (Å²) < 4.78 is 37.2. The molecule has 0 aliphatic heterocycles.